The number of amides is 1. The molecule has 0 aliphatic heterocycles. The van der Waals surface area contributed by atoms with Gasteiger partial charge in [0.05, 0.1) is 11.1 Å². The molecule has 1 amide bonds. The summed E-state index contributed by atoms with van der Waals surface area (Å²) in [5, 5.41) is 8.35. The largest absolute Gasteiger partial charge is 0.492 e. The Labute approximate surface area is 115 Å². The van der Waals surface area contributed by atoms with Crippen molar-refractivity contribution < 1.29 is 14.7 Å². The molecule has 0 heterocycles. The van der Waals surface area contributed by atoms with Crippen molar-refractivity contribution in [1.82, 2.24) is 5.48 Å². The number of halogens is 1. The molecule has 18 heavy (non-hydrogen) atoms. The molecule has 0 aliphatic rings. The predicted octanol–water partition coefficient (Wildman–Crippen LogP) is 3.15. The van der Waals surface area contributed by atoms with E-state index in [9.17, 15) is 4.79 Å². The molecule has 0 aliphatic carbocycles. The highest BCUT2D eigenvalue weighted by atomic mass is 79.9. The number of carbonyl (C=O) groups is 1. The van der Waals surface area contributed by atoms with Gasteiger partial charge in [-0.3, -0.25) is 10.0 Å². The van der Waals surface area contributed by atoms with E-state index in [1.165, 1.54) is 11.6 Å². The number of rotatable bonds is 6. The monoisotopic (exact) mass is 313 g/mol. The van der Waals surface area contributed by atoms with Crippen molar-refractivity contribution in [3.8, 4) is 5.75 Å². The molecule has 0 unspecified atom stereocenters. The summed E-state index contributed by atoms with van der Waals surface area (Å²) in [6, 6.07) is 5.53. The molecular formula is C13H16BrNO3. The summed E-state index contributed by atoms with van der Waals surface area (Å²) in [6.07, 6.45) is 4.96. The maximum absolute atomic E-state index is 10.8. The Kier molecular flexibility index (Phi) is 6.46. The number of benzene rings is 1. The van der Waals surface area contributed by atoms with Crippen molar-refractivity contribution in [3.63, 3.8) is 0 Å². The van der Waals surface area contributed by atoms with Gasteiger partial charge in [-0.15, -0.1) is 0 Å². The molecule has 0 atom stereocenters. The first-order valence-electron chi connectivity index (χ1n) is 5.72. The lowest BCUT2D eigenvalue weighted by Gasteiger charge is -2.07. The van der Waals surface area contributed by atoms with E-state index >= 15 is 0 Å². The maximum atomic E-state index is 10.8. The maximum Gasteiger partial charge on any atom is 0.267 e. The first-order valence-corrected chi connectivity index (χ1v) is 6.51. The molecule has 0 saturated carbocycles. The highest BCUT2D eigenvalue weighted by Crippen LogP contribution is 2.26. The fourth-order valence-electron chi connectivity index (χ4n) is 1.27. The number of unbranched alkanes of at least 4 members (excludes halogenated alkanes) is 1. The SMILES string of the molecule is CCCCOc1ccc(/C=C/C(=O)NO)cc1Br. The molecule has 0 saturated heterocycles. The number of hydroxylamine groups is 1. The van der Waals surface area contributed by atoms with Crippen molar-refractivity contribution in [2.45, 2.75) is 19.8 Å². The number of hydrogen-bond donors (Lipinski definition) is 2. The van der Waals surface area contributed by atoms with Gasteiger partial charge in [0.2, 0.25) is 0 Å². The second-order valence-corrected chi connectivity index (χ2v) is 4.56. The van der Waals surface area contributed by atoms with Crippen LogP contribution in [0.4, 0.5) is 0 Å². The van der Waals surface area contributed by atoms with Crippen LogP contribution in [0.1, 0.15) is 25.3 Å². The highest BCUT2D eigenvalue weighted by Gasteiger charge is 2.01. The lowest BCUT2D eigenvalue weighted by Crippen LogP contribution is -2.14. The Balaban J connectivity index is 2.67. The van der Waals surface area contributed by atoms with Crippen molar-refractivity contribution in [2.75, 3.05) is 6.61 Å². The van der Waals surface area contributed by atoms with Crippen LogP contribution in [0.3, 0.4) is 0 Å². The van der Waals surface area contributed by atoms with Crippen LogP contribution in [-0.2, 0) is 4.79 Å². The van der Waals surface area contributed by atoms with Crippen molar-refractivity contribution in [1.29, 1.82) is 0 Å². The summed E-state index contributed by atoms with van der Waals surface area (Å²) in [5.74, 6) is 0.224. The summed E-state index contributed by atoms with van der Waals surface area (Å²) < 4.78 is 6.43. The van der Waals surface area contributed by atoms with Crippen LogP contribution < -0.4 is 10.2 Å². The topological polar surface area (TPSA) is 58.6 Å². The zero-order valence-corrected chi connectivity index (χ0v) is 11.7. The van der Waals surface area contributed by atoms with Gasteiger partial charge in [0.1, 0.15) is 5.75 Å². The van der Waals surface area contributed by atoms with E-state index < -0.39 is 5.91 Å². The van der Waals surface area contributed by atoms with E-state index in [1.54, 1.807) is 6.08 Å². The minimum absolute atomic E-state index is 0.561. The molecule has 2 N–H and O–H groups in total. The first-order chi connectivity index (χ1) is 8.67. The van der Waals surface area contributed by atoms with E-state index in [-0.39, 0.29) is 0 Å². The summed E-state index contributed by atoms with van der Waals surface area (Å²) in [4.78, 5) is 10.8. The normalized spacial score (nSPS) is 10.6. The highest BCUT2D eigenvalue weighted by molar-refractivity contribution is 9.10. The third-order valence-electron chi connectivity index (χ3n) is 2.25. The number of ether oxygens (including phenoxy) is 1. The Morgan fingerprint density at radius 2 is 2.33 bits per heavy atom. The predicted molar refractivity (Wildman–Crippen MR) is 73.5 cm³/mol. The lowest BCUT2D eigenvalue weighted by atomic mass is 10.2. The van der Waals surface area contributed by atoms with E-state index in [1.807, 2.05) is 18.2 Å². The molecule has 0 spiro atoms. The quantitative estimate of drug-likeness (QED) is 0.367. The van der Waals surface area contributed by atoms with Crippen molar-refractivity contribution >= 4 is 27.9 Å². The van der Waals surface area contributed by atoms with Gasteiger partial charge in [0, 0.05) is 6.08 Å². The van der Waals surface area contributed by atoms with Crippen molar-refractivity contribution in [3.05, 3.63) is 34.3 Å². The number of hydrogen-bond acceptors (Lipinski definition) is 3. The molecule has 1 aromatic carbocycles. The molecule has 98 valence electrons. The molecule has 1 aromatic rings. The van der Waals surface area contributed by atoms with Gasteiger partial charge in [-0.2, -0.15) is 0 Å². The van der Waals surface area contributed by atoms with Crippen LogP contribution in [0.15, 0.2) is 28.7 Å². The minimum Gasteiger partial charge on any atom is -0.492 e. The van der Waals surface area contributed by atoms with E-state index in [2.05, 4.69) is 22.9 Å². The van der Waals surface area contributed by atoms with E-state index in [0.29, 0.717) is 6.61 Å². The van der Waals surface area contributed by atoms with Gasteiger partial charge in [0.25, 0.3) is 5.91 Å². The first kappa shape index (κ1) is 14.7. The van der Waals surface area contributed by atoms with Gasteiger partial charge >= 0.3 is 0 Å². The van der Waals surface area contributed by atoms with Crippen LogP contribution in [0.5, 0.6) is 5.75 Å². The molecule has 0 radical (unpaired) electrons. The van der Waals surface area contributed by atoms with Crippen LogP contribution in [0, 0.1) is 0 Å². The Hall–Kier alpha value is -1.33. The van der Waals surface area contributed by atoms with Gasteiger partial charge < -0.3 is 4.74 Å². The molecule has 0 fully saturated rings. The fraction of sp³-hybridized carbons (Fsp3) is 0.308. The summed E-state index contributed by atoms with van der Waals surface area (Å²) in [5.41, 5.74) is 2.37. The number of carbonyl (C=O) groups excluding carboxylic acids is 1. The van der Waals surface area contributed by atoms with Gasteiger partial charge in [0.15, 0.2) is 0 Å². The van der Waals surface area contributed by atoms with Crippen LogP contribution >= 0.6 is 15.9 Å². The molecule has 0 aromatic heterocycles. The number of nitrogens with one attached hydrogen (secondary N) is 1. The molecule has 4 nitrogen and oxygen atoms in total. The van der Waals surface area contributed by atoms with Gasteiger partial charge in [-0.1, -0.05) is 19.4 Å². The lowest BCUT2D eigenvalue weighted by molar-refractivity contribution is -0.124. The zero-order valence-electron chi connectivity index (χ0n) is 10.1. The summed E-state index contributed by atoms with van der Waals surface area (Å²) >= 11 is 3.41. The summed E-state index contributed by atoms with van der Waals surface area (Å²) in [7, 11) is 0. The van der Waals surface area contributed by atoms with E-state index in [0.717, 1.165) is 28.6 Å². The van der Waals surface area contributed by atoms with Crippen LogP contribution in [0.2, 0.25) is 0 Å². The smallest absolute Gasteiger partial charge is 0.267 e. The Morgan fingerprint density at radius 1 is 1.56 bits per heavy atom. The Morgan fingerprint density at radius 3 is 2.94 bits per heavy atom. The van der Waals surface area contributed by atoms with Crippen LogP contribution in [0.25, 0.3) is 6.08 Å². The van der Waals surface area contributed by atoms with Crippen LogP contribution in [-0.4, -0.2) is 17.7 Å². The second kappa shape index (κ2) is 7.89. The van der Waals surface area contributed by atoms with Crippen molar-refractivity contribution in [2.24, 2.45) is 0 Å². The molecule has 1 rings (SSSR count). The third kappa shape index (κ3) is 4.89. The molecular weight excluding hydrogens is 298 g/mol. The molecule has 0 bridgehead atoms. The summed E-state index contributed by atoms with van der Waals surface area (Å²) in [6.45, 7) is 2.80. The minimum atomic E-state index is -0.561. The van der Waals surface area contributed by atoms with Gasteiger partial charge in [-0.05, 0) is 46.1 Å². The third-order valence-corrected chi connectivity index (χ3v) is 2.87. The Bertz CT molecular complexity index is 432. The zero-order chi connectivity index (χ0) is 13.4. The standard InChI is InChI=1S/C13H16BrNO3/c1-2-3-8-18-12-6-4-10(9-11(12)14)5-7-13(16)15-17/h4-7,9,17H,2-3,8H2,1H3,(H,15,16)/b7-5+. The average Bonchev–Trinajstić information content (AvgIpc) is 2.38. The fourth-order valence-corrected chi connectivity index (χ4v) is 1.78. The average molecular weight is 314 g/mol. The molecule has 5 heteroatoms. The van der Waals surface area contributed by atoms with E-state index in [4.69, 9.17) is 9.94 Å². The second-order valence-electron chi connectivity index (χ2n) is 3.70. The van der Waals surface area contributed by atoms with Gasteiger partial charge in [-0.25, -0.2) is 5.48 Å².